The van der Waals surface area contributed by atoms with Crippen LogP contribution in [0.1, 0.15) is 19.4 Å². The topological polar surface area (TPSA) is 68.8 Å². The smallest absolute Gasteiger partial charge is 0.343 e. The van der Waals surface area contributed by atoms with Crippen molar-refractivity contribution in [3.8, 4) is 0 Å². The lowest BCUT2D eigenvalue weighted by atomic mass is 10.1. The second kappa shape index (κ2) is 8.53. The van der Waals surface area contributed by atoms with Crippen molar-refractivity contribution in [2.75, 3.05) is 36.1 Å². The predicted molar refractivity (Wildman–Crippen MR) is 106 cm³/mol. The Bertz CT molecular complexity index is 796. The Morgan fingerprint density at radius 2 is 1.78 bits per heavy atom. The highest BCUT2D eigenvalue weighted by Gasteiger charge is 2.35. The predicted octanol–water partition coefficient (Wildman–Crippen LogP) is 2.44. The van der Waals surface area contributed by atoms with Crippen LogP contribution in [0.2, 0.25) is 0 Å². The van der Waals surface area contributed by atoms with Crippen LogP contribution in [-0.2, 0) is 11.2 Å². The molecule has 0 saturated heterocycles. The quantitative estimate of drug-likeness (QED) is 0.816. The summed E-state index contributed by atoms with van der Waals surface area (Å²) < 4.78 is 0. The Morgan fingerprint density at radius 3 is 2.48 bits per heavy atom. The van der Waals surface area contributed by atoms with E-state index in [0.717, 1.165) is 12.0 Å². The van der Waals surface area contributed by atoms with Crippen molar-refractivity contribution in [3.63, 3.8) is 0 Å². The summed E-state index contributed by atoms with van der Waals surface area (Å²) in [5, 5.41) is 6.37. The molecule has 7 heteroatoms. The molecule has 2 heterocycles. The molecular formula is C20H25N5O2. The van der Waals surface area contributed by atoms with Gasteiger partial charge in [0.2, 0.25) is 5.91 Å². The molecule has 0 spiro atoms. The van der Waals surface area contributed by atoms with Gasteiger partial charge in [-0.1, -0.05) is 30.3 Å². The number of nitrogens with one attached hydrogen (secondary N) is 1. The van der Waals surface area contributed by atoms with Crippen molar-refractivity contribution in [2.24, 2.45) is 0 Å². The van der Waals surface area contributed by atoms with Gasteiger partial charge in [0.25, 0.3) is 0 Å². The van der Waals surface area contributed by atoms with Crippen molar-refractivity contribution in [1.29, 1.82) is 0 Å². The normalized spacial score (nSPS) is 13.6. The maximum atomic E-state index is 12.9. The lowest BCUT2D eigenvalue weighted by Gasteiger charge is -2.43. The van der Waals surface area contributed by atoms with Crippen LogP contribution in [-0.4, -0.2) is 48.1 Å². The Kier molecular flexibility index (Phi) is 5.90. The summed E-state index contributed by atoms with van der Waals surface area (Å²) in [5.74, 6) is 0.508. The average Bonchev–Trinajstić information content (AvgIpc) is 2.70. The molecule has 0 bridgehead atoms. The van der Waals surface area contributed by atoms with E-state index in [9.17, 15) is 9.59 Å². The van der Waals surface area contributed by atoms with Gasteiger partial charge in [0.15, 0.2) is 5.82 Å². The highest BCUT2D eigenvalue weighted by atomic mass is 16.2. The van der Waals surface area contributed by atoms with Crippen LogP contribution in [0, 0.1) is 0 Å². The number of hydrogen-bond acceptors (Lipinski definition) is 4. The molecule has 1 aliphatic rings. The maximum Gasteiger partial charge on any atom is 0.343 e. The maximum absolute atomic E-state index is 12.9. The van der Waals surface area contributed by atoms with E-state index in [2.05, 4.69) is 10.3 Å². The van der Waals surface area contributed by atoms with E-state index in [4.69, 9.17) is 0 Å². The van der Waals surface area contributed by atoms with Crippen molar-refractivity contribution in [3.05, 3.63) is 54.2 Å². The van der Waals surface area contributed by atoms with Gasteiger partial charge in [-0.25, -0.2) is 14.8 Å². The van der Waals surface area contributed by atoms with E-state index < -0.39 is 0 Å². The van der Waals surface area contributed by atoms with Gasteiger partial charge in [-0.3, -0.25) is 14.7 Å². The molecule has 1 aromatic carbocycles. The highest BCUT2D eigenvalue weighted by molar-refractivity contribution is 6.03. The van der Waals surface area contributed by atoms with Crippen LogP contribution in [0.3, 0.4) is 0 Å². The highest BCUT2D eigenvalue weighted by Crippen LogP contribution is 2.33. The molecule has 0 atom stereocenters. The minimum absolute atomic E-state index is 0.0274. The third-order valence-electron chi connectivity index (χ3n) is 4.52. The zero-order valence-electron chi connectivity index (χ0n) is 15.8. The van der Waals surface area contributed by atoms with Gasteiger partial charge in [0.1, 0.15) is 6.54 Å². The fourth-order valence-corrected chi connectivity index (χ4v) is 3.23. The van der Waals surface area contributed by atoms with Gasteiger partial charge in [0, 0.05) is 25.8 Å². The molecule has 0 saturated carbocycles. The first-order valence-corrected chi connectivity index (χ1v) is 9.27. The number of urea groups is 1. The van der Waals surface area contributed by atoms with Crippen LogP contribution in [0.25, 0.3) is 0 Å². The summed E-state index contributed by atoms with van der Waals surface area (Å²) >= 11 is 0. The number of anilines is 2. The van der Waals surface area contributed by atoms with Crippen LogP contribution in [0.5, 0.6) is 0 Å². The van der Waals surface area contributed by atoms with Gasteiger partial charge in [-0.2, -0.15) is 0 Å². The molecule has 2 aromatic rings. The first-order valence-electron chi connectivity index (χ1n) is 9.27. The Morgan fingerprint density at radius 1 is 1.04 bits per heavy atom. The Labute approximate surface area is 159 Å². The number of benzene rings is 1. The molecule has 0 radical (unpaired) electrons. The average molecular weight is 367 g/mol. The zero-order valence-corrected chi connectivity index (χ0v) is 15.8. The fraction of sp³-hybridized carbons (Fsp3) is 0.350. The van der Waals surface area contributed by atoms with Gasteiger partial charge in [0.05, 0.1) is 5.69 Å². The number of nitrogens with zero attached hydrogens (tertiary/aromatic N) is 4. The molecule has 1 aromatic heterocycles. The molecule has 27 heavy (non-hydrogen) atoms. The Hall–Kier alpha value is -3.09. The lowest BCUT2D eigenvalue weighted by molar-refractivity contribution is -0.119. The number of aromatic nitrogens is 1. The number of hydrogen-bond donors (Lipinski definition) is 1. The van der Waals surface area contributed by atoms with Gasteiger partial charge in [-0.05, 0) is 38.0 Å². The first-order chi connectivity index (χ1) is 13.2. The second-order valence-electron chi connectivity index (χ2n) is 6.23. The van der Waals surface area contributed by atoms with Crippen LogP contribution >= 0.6 is 0 Å². The van der Waals surface area contributed by atoms with Gasteiger partial charge >= 0.3 is 6.03 Å². The molecule has 0 aliphatic carbocycles. The standard InChI is InChI=1S/C20H25N5O2/c1-3-24-19-17(11-8-13-22-19)23(20(27)25(24)4-2)15-18(26)21-14-12-16-9-6-5-7-10-16/h5-11,13H,3-4,12,14-15H2,1-2H3,(H,21,26). The number of carbonyl (C=O) groups excluding carboxylic acids is 2. The second-order valence-corrected chi connectivity index (χ2v) is 6.23. The van der Waals surface area contributed by atoms with Crippen molar-refractivity contribution >= 4 is 23.4 Å². The molecule has 0 unspecified atom stereocenters. The van der Waals surface area contributed by atoms with E-state index in [0.29, 0.717) is 31.1 Å². The first kappa shape index (κ1) is 18.7. The number of hydrazine groups is 1. The fourth-order valence-electron chi connectivity index (χ4n) is 3.23. The molecule has 3 amide bonds. The van der Waals surface area contributed by atoms with E-state index in [-0.39, 0.29) is 18.5 Å². The lowest BCUT2D eigenvalue weighted by Crippen LogP contribution is -2.58. The number of pyridine rings is 1. The third-order valence-corrected chi connectivity index (χ3v) is 4.52. The van der Waals surface area contributed by atoms with Crippen LogP contribution in [0.4, 0.5) is 16.3 Å². The zero-order chi connectivity index (χ0) is 19.2. The number of rotatable bonds is 7. The number of fused-ring (bicyclic) bond motifs is 1. The van der Waals surface area contributed by atoms with E-state index in [1.807, 2.05) is 55.3 Å². The molecular weight excluding hydrogens is 342 g/mol. The van der Waals surface area contributed by atoms with E-state index in [1.54, 1.807) is 17.3 Å². The summed E-state index contributed by atoms with van der Waals surface area (Å²) in [4.78, 5) is 31.3. The molecule has 0 fully saturated rings. The SMILES string of the molecule is CCN1C(=O)N(CC(=O)NCCc2ccccc2)c2cccnc2N1CC. The summed E-state index contributed by atoms with van der Waals surface area (Å²) in [5.41, 5.74) is 1.82. The minimum Gasteiger partial charge on any atom is -0.354 e. The van der Waals surface area contributed by atoms with Crippen molar-refractivity contribution < 1.29 is 9.59 Å². The summed E-state index contributed by atoms with van der Waals surface area (Å²) in [6.07, 6.45) is 2.45. The Balaban J connectivity index is 1.69. The van der Waals surface area contributed by atoms with Crippen LogP contribution < -0.4 is 15.2 Å². The molecule has 1 aliphatic heterocycles. The summed E-state index contributed by atoms with van der Waals surface area (Å²) in [7, 11) is 0. The third kappa shape index (κ3) is 4.02. The minimum atomic E-state index is -0.210. The number of carbonyl (C=O) groups is 2. The van der Waals surface area contributed by atoms with E-state index in [1.165, 1.54) is 4.90 Å². The van der Waals surface area contributed by atoms with Crippen molar-refractivity contribution in [2.45, 2.75) is 20.3 Å². The van der Waals surface area contributed by atoms with Gasteiger partial charge in [-0.15, -0.1) is 0 Å². The molecule has 7 nitrogen and oxygen atoms in total. The summed E-state index contributed by atoms with van der Waals surface area (Å²) in [6, 6.07) is 13.4. The van der Waals surface area contributed by atoms with Gasteiger partial charge < -0.3 is 5.32 Å². The number of amides is 3. The molecule has 142 valence electrons. The summed E-state index contributed by atoms with van der Waals surface area (Å²) in [6.45, 7) is 5.52. The monoisotopic (exact) mass is 367 g/mol. The molecule has 1 N–H and O–H groups in total. The largest absolute Gasteiger partial charge is 0.354 e. The molecule has 3 rings (SSSR count). The van der Waals surface area contributed by atoms with E-state index >= 15 is 0 Å². The van der Waals surface area contributed by atoms with Crippen molar-refractivity contribution in [1.82, 2.24) is 15.3 Å². The van der Waals surface area contributed by atoms with Crippen LogP contribution in [0.15, 0.2) is 48.7 Å².